The first-order valence-electron chi connectivity index (χ1n) is 21.3. The Balaban J connectivity index is 1.18. The summed E-state index contributed by atoms with van der Waals surface area (Å²) in [7, 11) is -2.89. The van der Waals surface area contributed by atoms with Gasteiger partial charge in [-0.25, -0.2) is 32.0 Å². The third-order valence-electron chi connectivity index (χ3n) is 14.1. The molecule has 2 aliphatic heterocycles. The molecule has 1 aromatic heterocycles. The van der Waals surface area contributed by atoms with Gasteiger partial charge in [0.15, 0.2) is 5.69 Å². The normalized spacial score (nSPS) is 34.0. The van der Waals surface area contributed by atoms with E-state index in [0.29, 0.717) is 36.8 Å². The molecule has 5 fully saturated rings. The molecule has 3 N–H and O–H groups in total. The molecule has 10 atom stereocenters. The van der Waals surface area contributed by atoms with Gasteiger partial charge in [-0.15, -0.1) is 0 Å². The number of nitrogens with one attached hydrogen (secondary N) is 3. The highest BCUT2D eigenvalue weighted by Gasteiger charge is 2.68. The van der Waals surface area contributed by atoms with E-state index in [0.717, 1.165) is 11.3 Å². The summed E-state index contributed by atoms with van der Waals surface area (Å²) in [4.78, 5) is 66.8. The lowest BCUT2D eigenvalue weighted by Crippen LogP contribution is -2.61. The van der Waals surface area contributed by atoms with Crippen LogP contribution in [0.4, 0.5) is 22.4 Å². The van der Waals surface area contributed by atoms with Crippen molar-refractivity contribution in [3.05, 3.63) is 23.9 Å². The number of aromatic nitrogens is 2. The average molecular weight is 895 g/mol. The summed E-state index contributed by atoms with van der Waals surface area (Å²) in [6.07, 6.45) is -3.85. The van der Waals surface area contributed by atoms with Gasteiger partial charge in [-0.3, -0.25) is 19.1 Å². The minimum atomic E-state index is -4.31. The summed E-state index contributed by atoms with van der Waals surface area (Å²) in [6, 6.07) is 1.58. The fourth-order valence-corrected chi connectivity index (χ4v) is 11.1. The number of rotatable bonds is 7. The van der Waals surface area contributed by atoms with Gasteiger partial charge in [0, 0.05) is 18.4 Å². The van der Waals surface area contributed by atoms with E-state index < -0.39 is 129 Å². The third-order valence-corrected chi connectivity index (χ3v) is 16.3. The molecule has 20 heteroatoms. The predicted molar refractivity (Wildman–Crippen MR) is 214 cm³/mol. The number of hydrogen-bond donors (Lipinski definition) is 3. The van der Waals surface area contributed by atoms with Crippen molar-refractivity contribution >= 4 is 44.9 Å². The van der Waals surface area contributed by atoms with Crippen molar-refractivity contribution in [2.45, 2.75) is 139 Å². The SMILES string of the molecule is COc1ccc2nc3c(nc2c1)OC1CN(C(=O)C(C(C)(C)C)NC(=O)OC2CC4CC4C2CCCCC3(F)F)C(C(=O)NC2(C(=O)NS(=O)(=O)C3(C)CC3)CC2C(F)F)C1C. The van der Waals surface area contributed by atoms with Crippen molar-refractivity contribution in [2.24, 2.45) is 35.0 Å². The van der Waals surface area contributed by atoms with Crippen LogP contribution in [0.25, 0.3) is 11.0 Å². The minimum Gasteiger partial charge on any atom is -0.497 e. The lowest BCUT2D eigenvalue weighted by molar-refractivity contribution is -0.143. The van der Waals surface area contributed by atoms with Crippen LogP contribution in [0.15, 0.2) is 18.2 Å². The number of alkyl carbamates (subject to hydrolysis) is 1. The topological polar surface area (TPSA) is 195 Å². The van der Waals surface area contributed by atoms with Gasteiger partial charge in [-0.05, 0) is 87.2 Å². The van der Waals surface area contributed by atoms with Gasteiger partial charge in [0.2, 0.25) is 34.1 Å². The zero-order valence-electron chi connectivity index (χ0n) is 35.5. The monoisotopic (exact) mass is 894 g/mol. The van der Waals surface area contributed by atoms with Gasteiger partial charge >= 0.3 is 6.09 Å². The zero-order chi connectivity index (χ0) is 44.9. The van der Waals surface area contributed by atoms with Crippen LogP contribution in [0.1, 0.15) is 98.1 Å². The van der Waals surface area contributed by atoms with Crippen LogP contribution in [0.3, 0.4) is 0 Å². The molecule has 2 bridgehead atoms. The van der Waals surface area contributed by atoms with E-state index in [4.69, 9.17) is 14.2 Å². The van der Waals surface area contributed by atoms with E-state index in [-0.39, 0.29) is 36.2 Å². The number of benzene rings is 1. The summed E-state index contributed by atoms with van der Waals surface area (Å²) in [5.74, 6) is -9.27. The van der Waals surface area contributed by atoms with Crippen molar-refractivity contribution in [2.75, 3.05) is 13.7 Å². The molecular formula is C42H54F4N6O9S. The second kappa shape index (κ2) is 15.3. The molecule has 0 spiro atoms. The minimum absolute atomic E-state index is 0.0595. The van der Waals surface area contributed by atoms with Crippen molar-refractivity contribution in [3.8, 4) is 11.6 Å². The number of carbonyl (C=O) groups excluding carboxylic acids is 4. The molecule has 4 amide bonds. The fraction of sp³-hybridized carbons (Fsp3) is 0.714. The van der Waals surface area contributed by atoms with E-state index >= 15 is 8.78 Å². The van der Waals surface area contributed by atoms with E-state index in [1.165, 1.54) is 33.1 Å². The first-order valence-corrected chi connectivity index (χ1v) is 22.8. The molecule has 4 saturated carbocycles. The maximum Gasteiger partial charge on any atom is 0.408 e. The number of ether oxygens (including phenoxy) is 3. The highest BCUT2D eigenvalue weighted by molar-refractivity contribution is 7.91. The largest absolute Gasteiger partial charge is 0.497 e. The predicted octanol–water partition coefficient (Wildman–Crippen LogP) is 5.20. The molecular weight excluding hydrogens is 841 g/mol. The van der Waals surface area contributed by atoms with Crippen molar-refractivity contribution in [1.29, 1.82) is 0 Å². The Morgan fingerprint density at radius 1 is 1.02 bits per heavy atom. The number of methoxy groups -OCH3 is 1. The third kappa shape index (κ3) is 8.01. The van der Waals surface area contributed by atoms with E-state index in [2.05, 4.69) is 20.6 Å². The molecule has 2 aromatic rings. The number of halogens is 4. The molecule has 3 heterocycles. The van der Waals surface area contributed by atoms with Crippen LogP contribution in [-0.4, -0.2) is 102 Å². The zero-order valence-corrected chi connectivity index (χ0v) is 36.3. The number of fused-ring (bicyclic) bond motifs is 7. The summed E-state index contributed by atoms with van der Waals surface area (Å²) >= 11 is 0. The molecule has 340 valence electrons. The van der Waals surface area contributed by atoms with Crippen molar-refractivity contribution in [3.63, 3.8) is 0 Å². The molecule has 6 aliphatic rings. The first-order chi connectivity index (χ1) is 29.0. The number of carbonyl (C=O) groups is 4. The van der Waals surface area contributed by atoms with Gasteiger partial charge in [0.1, 0.15) is 35.6 Å². The van der Waals surface area contributed by atoms with E-state index in [1.807, 2.05) is 4.72 Å². The van der Waals surface area contributed by atoms with E-state index in [1.54, 1.807) is 26.8 Å². The maximum absolute atomic E-state index is 16.5. The van der Waals surface area contributed by atoms with Gasteiger partial charge < -0.3 is 29.7 Å². The van der Waals surface area contributed by atoms with E-state index in [9.17, 15) is 36.4 Å². The summed E-state index contributed by atoms with van der Waals surface area (Å²) in [6.45, 7) is 7.50. The Kier molecular flexibility index (Phi) is 10.9. The molecule has 0 radical (unpaired) electrons. The fourth-order valence-electron chi connectivity index (χ4n) is 9.75. The van der Waals surface area contributed by atoms with Gasteiger partial charge in [0.05, 0.1) is 35.4 Å². The highest BCUT2D eigenvalue weighted by atomic mass is 32.2. The number of sulfonamides is 1. The molecule has 10 unspecified atom stereocenters. The quantitative estimate of drug-likeness (QED) is 0.309. The second-order valence-corrected chi connectivity index (χ2v) is 21.8. The Hall–Kier alpha value is -4.49. The number of hydrogen-bond acceptors (Lipinski definition) is 11. The molecule has 1 aromatic carbocycles. The number of nitrogens with zero attached hydrogens (tertiary/aromatic N) is 3. The molecule has 15 nitrogen and oxygen atoms in total. The smallest absolute Gasteiger partial charge is 0.408 e. The highest BCUT2D eigenvalue weighted by Crippen LogP contribution is 2.58. The Bertz CT molecular complexity index is 2270. The lowest BCUT2D eigenvalue weighted by Gasteiger charge is -2.36. The molecule has 4 aliphatic carbocycles. The second-order valence-electron chi connectivity index (χ2n) is 19.6. The summed E-state index contributed by atoms with van der Waals surface area (Å²) < 4.78 is 106. The summed E-state index contributed by atoms with van der Waals surface area (Å²) in [5.41, 5.74) is -3.83. The van der Waals surface area contributed by atoms with Gasteiger partial charge in [-0.1, -0.05) is 34.1 Å². The van der Waals surface area contributed by atoms with Crippen molar-refractivity contribution in [1.82, 2.24) is 30.2 Å². The van der Waals surface area contributed by atoms with Gasteiger partial charge in [0.25, 0.3) is 11.8 Å². The first kappa shape index (κ1) is 44.1. The van der Waals surface area contributed by atoms with Crippen molar-refractivity contribution < 1.29 is 59.4 Å². The molecule has 62 heavy (non-hydrogen) atoms. The average Bonchev–Trinajstić information content (AvgIpc) is 4.15. The van der Waals surface area contributed by atoms with Crippen LogP contribution >= 0.6 is 0 Å². The van der Waals surface area contributed by atoms with Crippen LogP contribution in [-0.2, 0) is 35.1 Å². The Morgan fingerprint density at radius 3 is 2.39 bits per heavy atom. The standard InChI is InChI=1S/C42H54F4N6O9S/c1-20-29-19-52(30(20)34(53)50-41(18-25(41)33(43)44)37(55)51-62(57,58)40(5)13-14-40)36(54)32(39(2,3)4)49-38(56)61-28-16-21-15-24(21)23(28)9-7-8-12-42(45,46)31-35(60-29)48-27-17-22(59-6)10-11-26(27)47-31/h10-11,17,20-21,23-25,28-30,32-33H,7-9,12-16,18-19H2,1-6H3,(H,49,56)(H,50,53)(H,51,55). The molecule has 8 rings (SSSR count). The number of amides is 4. The Morgan fingerprint density at radius 2 is 1.74 bits per heavy atom. The Labute approximate surface area is 357 Å². The van der Waals surface area contributed by atoms with Gasteiger partial charge in [-0.2, -0.15) is 8.78 Å². The van der Waals surface area contributed by atoms with Crippen LogP contribution < -0.4 is 24.8 Å². The van der Waals surface area contributed by atoms with Crippen LogP contribution in [0, 0.1) is 35.0 Å². The van der Waals surface area contributed by atoms with Crippen LogP contribution in [0.2, 0.25) is 0 Å². The number of alkyl halides is 4. The summed E-state index contributed by atoms with van der Waals surface area (Å²) in [5, 5.41) is 5.12. The maximum atomic E-state index is 16.5. The van der Waals surface area contributed by atoms with Crippen LogP contribution in [0.5, 0.6) is 11.6 Å². The lowest BCUT2D eigenvalue weighted by atomic mass is 9.85. The molecule has 1 saturated heterocycles.